The second-order valence-electron chi connectivity index (χ2n) is 3.94. The van der Waals surface area contributed by atoms with Crippen LogP contribution in [0.25, 0.3) is 0 Å². The predicted molar refractivity (Wildman–Crippen MR) is 82.7 cm³/mol. The van der Waals surface area contributed by atoms with Crippen molar-refractivity contribution in [1.82, 2.24) is 4.98 Å². The van der Waals surface area contributed by atoms with Gasteiger partial charge in [0.25, 0.3) is 0 Å². The van der Waals surface area contributed by atoms with E-state index >= 15 is 0 Å². The van der Waals surface area contributed by atoms with Crippen LogP contribution in [0.4, 0.5) is 11.4 Å². The molecule has 0 saturated heterocycles. The van der Waals surface area contributed by atoms with Crippen molar-refractivity contribution in [2.24, 2.45) is 0 Å². The van der Waals surface area contributed by atoms with Gasteiger partial charge >= 0.3 is 0 Å². The smallest absolute Gasteiger partial charge is 0.237 e. The molecule has 0 radical (unpaired) electrons. The first-order valence-corrected chi connectivity index (χ1v) is 7.82. The molecule has 0 saturated carbocycles. The van der Waals surface area contributed by atoms with Crippen LogP contribution < -0.4 is 11.1 Å². The number of hydrogen-bond donors (Lipinski definition) is 2. The van der Waals surface area contributed by atoms with Crippen molar-refractivity contribution in [1.29, 1.82) is 0 Å². The van der Waals surface area contributed by atoms with Crippen LogP contribution in [0.5, 0.6) is 0 Å². The molecule has 0 spiro atoms. The van der Waals surface area contributed by atoms with Gasteiger partial charge in [0.15, 0.2) is 5.03 Å². The molecule has 5 nitrogen and oxygen atoms in total. The third-order valence-electron chi connectivity index (χ3n) is 2.41. The van der Waals surface area contributed by atoms with E-state index in [1.165, 1.54) is 6.20 Å². The second-order valence-corrected chi connectivity index (χ2v) is 6.22. The molecule has 1 aromatic heterocycles. The standard InChI is InChI=1S/C13H12BrN3O2S/c14-9-3-5-10(6-4-9)17-12(18)8-20(19)13-11(15)2-1-7-16-13/h1-7H,8,15H2,(H,17,18). The van der Waals surface area contributed by atoms with Crippen LogP contribution in [0.2, 0.25) is 0 Å². The zero-order valence-electron chi connectivity index (χ0n) is 10.4. The number of hydrogen-bond acceptors (Lipinski definition) is 4. The molecule has 1 atom stereocenters. The third-order valence-corrected chi connectivity index (χ3v) is 4.23. The van der Waals surface area contributed by atoms with Crippen LogP contribution in [0.15, 0.2) is 52.1 Å². The molecule has 3 N–H and O–H groups in total. The topological polar surface area (TPSA) is 85.1 Å². The number of carbonyl (C=O) groups excluding carboxylic acids is 1. The predicted octanol–water partition coefficient (Wildman–Crippen LogP) is 2.17. The lowest BCUT2D eigenvalue weighted by molar-refractivity contribution is -0.113. The highest BCUT2D eigenvalue weighted by molar-refractivity contribution is 9.10. The van der Waals surface area contributed by atoms with Crippen LogP contribution in [-0.4, -0.2) is 20.9 Å². The molecular formula is C13H12BrN3O2S. The number of nitrogens with zero attached hydrogens (tertiary/aromatic N) is 1. The van der Waals surface area contributed by atoms with Gasteiger partial charge in [-0.3, -0.25) is 9.00 Å². The van der Waals surface area contributed by atoms with Gasteiger partial charge in [-0.15, -0.1) is 0 Å². The summed E-state index contributed by atoms with van der Waals surface area (Å²) in [4.78, 5) is 15.7. The lowest BCUT2D eigenvalue weighted by Gasteiger charge is -2.06. The summed E-state index contributed by atoms with van der Waals surface area (Å²) >= 11 is 3.31. The van der Waals surface area contributed by atoms with E-state index in [4.69, 9.17) is 5.73 Å². The average molecular weight is 354 g/mol. The second kappa shape index (κ2) is 6.62. The minimum Gasteiger partial charge on any atom is -0.396 e. The summed E-state index contributed by atoms with van der Waals surface area (Å²) < 4.78 is 12.9. The quantitative estimate of drug-likeness (QED) is 0.881. The maximum atomic E-state index is 12.0. The Kier molecular flexibility index (Phi) is 4.86. The van der Waals surface area contributed by atoms with E-state index in [-0.39, 0.29) is 16.7 Å². The Morgan fingerprint density at radius 1 is 1.30 bits per heavy atom. The normalized spacial score (nSPS) is 11.8. The summed E-state index contributed by atoms with van der Waals surface area (Å²) in [5.74, 6) is -0.534. The van der Waals surface area contributed by atoms with Gasteiger partial charge in [-0.05, 0) is 36.4 Å². The molecule has 0 aliphatic rings. The van der Waals surface area contributed by atoms with Gasteiger partial charge < -0.3 is 11.1 Å². The summed E-state index contributed by atoms with van der Waals surface area (Å²) in [5, 5.41) is 2.90. The van der Waals surface area contributed by atoms with E-state index in [1.807, 2.05) is 12.1 Å². The third kappa shape index (κ3) is 3.88. The minimum absolute atomic E-state index is 0.183. The molecule has 20 heavy (non-hydrogen) atoms. The minimum atomic E-state index is -1.56. The van der Waals surface area contributed by atoms with Crippen LogP contribution in [-0.2, 0) is 15.6 Å². The molecule has 2 aromatic rings. The fraction of sp³-hybridized carbons (Fsp3) is 0.0769. The Labute approximate surface area is 127 Å². The van der Waals surface area contributed by atoms with Crippen LogP contribution in [0.1, 0.15) is 0 Å². The van der Waals surface area contributed by atoms with Gasteiger partial charge in [0.05, 0.1) is 16.5 Å². The van der Waals surface area contributed by atoms with Crippen LogP contribution >= 0.6 is 15.9 Å². The van der Waals surface area contributed by atoms with Gasteiger partial charge in [-0.1, -0.05) is 15.9 Å². The van der Waals surface area contributed by atoms with Crippen molar-refractivity contribution < 1.29 is 9.00 Å². The molecule has 104 valence electrons. The number of anilines is 2. The number of amides is 1. The first kappa shape index (κ1) is 14.7. The van der Waals surface area contributed by atoms with Gasteiger partial charge in [-0.25, -0.2) is 4.98 Å². The van der Waals surface area contributed by atoms with Crippen LogP contribution in [0, 0.1) is 0 Å². The number of halogens is 1. The molecule has 1 unspecified atom stereocenters. The fourth-order valence-corrected chi connectivity index (χ4v) is 2.73. The van der Waals surface area contributed by atoms with E-state index in [0.29, 0.717) is 11.4 Å². The average Bonchev–Trinajstić information content (AvgIpc) is 2.41. The SMILES string of the molecule is Nc1cccnc1S(=O)CC(=O)Nc1ccc(Br)cc1. The fourth-order valence-electron chi connectivity index (χ4n) is 1.51. The molecular weight excluding hydrogens is 342 g/mol. The van der Waals surface area contributed by atoms with E-state index in [1.54, 1.807) is 24.3 Å². The number of carbonyl (C=O) groups is 1. The Morgan fingerprint density at radius 3 is 2.65 bits per heavy atom. The van der Waals surface area contributed by atoms with Gasteiger partial charge in [0.2, 0.25) is 5.91 Å². The number of rotatable bonds is 4. The molecule has 1 amide bonds. The Morgan fingerprint density at radius 2 is 2.00 bits per heavy atom. The highest BCUT2D eigenvalue weighted by atomic mass is 79.9. The van der Waals surface area contributed by atoms with E-state index < -0.39 is 10.8 Å². The maximum Gasteiger partial charge on any atom is 0.237 e. The van der Waals surface area contributed by atoms with Gasteiger partial charge in [0.1, 0.15) is 5.75 Å². The zero-order chi connectivity index (χ0) is 14.5. The number of nitrogens with one attached hydrogen (secondary N) is 1. The number of pyridine rings is 1. The lowest BCUT2D eigenvalue weighted by atomic mass is 10.3. The molecule has 0 bridgehead atoms. The van der Waals surface area contributed by atoms with Crippen molar-refractivity contribution in [3.8, 4) is 0 Å². The number of aromatic nitrogens is 1. The molecule has 0 aliphatic carbocycles. The van der Waals surface area contributed by atoms with E-state index in [0.717, 1.165) is 4.47 Å². The van der Waals surface area contributed by atoms with Crippen molar-refractivity contribution in [3.05, 3.63) is 47.1 Å². The number of nitrogen functional groups attached to an aromatic ring is 1. The Bertz CT molecular complexity index is 646. The van der Waals surface area contributed by atoms with Crippen LogP contribution in [0.3, 0.4) is 0 Å². The van der Waals surface area contributed by atoms with Gasteiger partial charge in [0, 0.05) is 16.4 Å². The first-order valence-electron chi connectivity index (χ1n) is 5.70. The molecule has 7 heteroatoms. The van der Waals surface area contributed by atoms with Crippen molar-refractivity contribution in [2.75, 3.05) is 16.8 Å². The van der Waals surface area contributed by atoms with E-state index in [2.05, 4.69) is 26.2 Å². The van der Waals surface area contributed by atoms with E-state index in [9.17, 15) is 9.00 Å². The lowest BCUT2D eigenvalue weighted by Crippen LogP contribution is -2.20. The molecule has 1 heterocycles. The van der Waals surface area contributed by atoms with Gasteiger partial charge in [-0.2, -0.15) is 0 Å². The summed E-state index contributed by atoms with van der Waals surface area (Å²) in [7, 11) is -1.56. The zero-order valence-corrected chi connectivity index (χ0v) is 12.8. The molecule has 1 aromatic carbocycles. The summed E-state index contributed by atoms with van der Waals surface area (Å²) in [5.41, 5.74) is 6.64. The summed E-state index contributed by atoms with van der Waals surface area (Å²) in [6, 6.07) is 10.4. The summed E-state index contributed by atoms with van der Waals surface area (Å²) in [6.07, 6.45) is 1.50. The molecule has 2 rings (SSSR count). The van der Waals surface area contributed by atoms with Crippen molar-refractivity contribution in [2.45, 2.75) is 5.03 Å². The highest BCUT2D eigenvalue weighted by Crippen LogP contribution is 2.15. The maximum absolute atomic E-state index is 12.0. The Balaban J connectivity index is 2.00. The Hall–Kier alpha value is -1.73. The number of benzene rings is 1. The largest absolute Gasteiger partial charge is 0.396 e. The first-order chi connectivity index (χ1) is 9.56. The number of nitrogens with two attached hydrogens (primary N) is 1. The van der Waals surface area contributed by atoms with Crippen molar-refractivity contribution >= 4 is 44.0 Å². The van der Waals surface area contributed by atoms with Crippen molar-refractivity contribution in [3.63, 3.8) is 0 Å². The summed E-state index contributed by atoms with van der Waals surface area (Å²) in [6.45, 7) is 0. The molecule has 0 aliphatic heterocycles. The molecule has 0 fully saturated rings. The monoisotopic (exact) mass is 353 g/mol. The highest BCUT2D eigenvalue weighted by Gasteiger charge is 2.14.